The van der Waals surface area contributed by atoms with Crippen molar-refractivity contribution in [3.8, 4) is 0 Å². The molecular weight excluding hydrogens is 344 g/mol. The molecule has 0 aromatic carbocycles. The second kappa shape index (κ2) is 10.1. The van der Waals surface area contributed by atoms with Gasteiger partial charge in [-0.25, -0.2) is 0 Å². The van der Waals surface area contributed by atoms with E-state index in [0.717, 1.165) is 6.42 Å². The van der Waals surface area contributed by atoms with Gasteiger partial charge in [0, 0.05) is 13.1 Å². The first-order valence-electron chi connectivity index (χ1n) is 10.5. The molecule has 2 aliphatic rings. The highest BCUT2D eigenvalue weighted by Gasteiger charge is 2.38. The van der Waals surface area contributed by atoms with E-state index in [1.54, 1.807) is 11.8 Å². The monoisotopic (exact) mass is 380 g/mol. The third kappa shape index (κ3) is 5.92. The molecule has 0 radical (unpaired) electrons. The van der Waals surface area contributed by atoms with Gasteiger partial charge >= 0.3 is 0 Å². The molecule has 0 aromatic rings. The Labute approximate surface area is 162 Å². The number of nitrogens with one attached hydrogen (secondary N) is 2. The van der Waals surface area contributed by atoms with Crippen LogP contribution in [0.3, 0.4) is 0 Å². The van der Waals surface area contributed by atoms with Gasteiger partial charge in [0.1, 0.15) is 12.1 Å². The maximum Gasteiger partial charge on any atom is 0.246 e. The highest BCUT2D eigenvalue weighted by atomic mass is 16.2. The standard InChI is InChI=1S/C20H36N4O3/c1-13(2)17(23-18(25)14(3)21)20(27)24-11-7-10-16(24)19(26)22-12-15-8-5-4-6-9-15/h13-17H,4-12,21H2,1-3H3,(H,22,26)(H,23,25)/t14-,16-,17-/m0/s1. The molecule has 0 aromatic heterocycles. The highest BCUT2D eigenvalue weighted by molar-refractivity contribution is 5.93. The van der Waals surface area contributed by atoms with Gasteiger partial charge < -0.3 is 21.3 Å². The molecule has 1 aliphatic carbocycles. The smallest absolute Gasteiger partial charge is 0.246 e. The summed E-state index contributed by atoms with van der Waals surface area (Å²) in [5, 5.41) is 5.82. The largest absolute Gasteiger partial charge is 0.354 e. The van der Waals surface area contributed by atoms with Crippen molar-refractivity contribution in [2.45, 2.75) is 83.8 Å². The third-order valence-corrected chi connectivity index (χ3v) is 5.77. The zero-order chi connectivity index (χ0) is 20.0. The van der Waals surface area contributed by atoms with Crippen molar-refractivity contribution in [3.05, 3.63) is 0 Å². The minimum Gasteiger partial charge on any atom is -0.354 e. The van der Waals surface area contributed by atoms with E-state index in [4.69, 9.17) is 5.73 Å². The molecule has 1 saturated heterocycles. The Balaban J connectivity index is 1.96. The van der Waals surface area contributed by atoms with Gasteiger partial charge in [-0.2, -0.15) is 0 Å². The summed E-state index contributed by atoms with van der Waals surface area (Å²) < 4.78 is 0. The van der Waals surface area contributed by atoms with Crippen LogP contribution in [0.5, 0.6) is 0 Å². The molecule has 154 valence electrons. The van der Waals surface area contributed by atoms with Crippen molar-refractivity contribution >= 4 is 17.7 Å². The molecule has 27 heavy (non-hydrogen) atoms. The topological polar surface area (TPSA) is 105 Å². The summed E-state index contributed by atoms with van der Waals surface area (Å²) in [6, 6.07) is -1.77. The lowest BCUT2D eigenvalue weighted by atomic mass is 9.89. The Hall–Kier alpha value is -1.63. The predicted molar refractivity (Wildman–Crippen MR) is 105 cm³/mol. The molecular formula is C20H36N4O3. The van der Waals surface area contributed by atoms with E-state index in [-0.39, 0.29) is 23.6 Å². The van der Waals surface area contributed by atoms with Crippen LogP contribution in [0, 0.1) is 11.8 Å². The molecule has 4 N–H and O–H groups in total. The number of carbonyl (C=O) groups excluding carboxylic acids is 3. The zero-order valence-electron chi connectivity index (χ0n) is 17.0. The lowest BCUT2D eigenvalue weighted by Crippen LogP contribution is -2.57. The van der Waals surface area contributed by atoms with Gasteiger partial charge in [-0.05, 0) is 44.4 Å². The fourth-order valence-electron chi connectivity index (χ4n) is 4.03. The van der Waals surface area contributed by atoms with Crippen molar-refractivity contribution in [3.63, 3.8) is 0 Å². The SMILES string of the molecule is CC(C)[C@H](NC(=O)[C@H](C)N)C(=O)N1CCC[C@H]1C(=O)NCC1CCCCC1. The molecule has 7 heteroatoms. The molecule has 0 unspecified atom stereocenters. The number of hydrogen-bond acceptors (Lipinski definition) is 4. The molecule has 2 rings (SSSR count). The van der Waals surface area contributed by atoms with Crippen LogP contribution in [-0.2, 0) is 14.4 Å². The Morgan fingerprint density at radius 3 is 2.30 bits per heavy atom. The quantitative estimate of drug-likeness (QED) is 0.616. The van der Waals surface area contributed by atoms with Crippen LogP contribution >= 0.6 is 0 Å². The minimum atomic E-state index is -0.674. The molecule has 0 bridgehead atoms. The van der Waals surface area contributed by atoms with Crippen LogP contribution in [-0.4, -0.2) is 53.8 Å². The van der Waals surface area contributed by atoms with Gasteiger partial charge in [-0.15, -0.1) is 0 Å². The van der Waals surface area contributed by atoms with Crippen molar-refractivity contribution in [2.24, 2.45) is 17.6 Å². The molecule has 3 amide bonds. The van der Waals surface area contributed by atoms with E-state index in [1.165, 1.54) is 32.1 Å². The van der Waals surface area contributed by atoms with Gasteiger partial charge in [0.25, 0.3) is 0 Å². The van der Waals surface area contributed by atoms with Gasteiger partial charge in [-0.3, -0.25) is 14.4 Å². The number of nitrogens with zero attached hydrogens (tertiary/aromatic N) is 1. The highest BCUT2D eigenvalue weighted by Crippen LogP contribution is 2.24. The van der Waals surface area contributed by atoms with Gasteiger partial charge in [-0.1, -0.05) is 33.1 Å². The van der Waals surface area contributed by atoms with Crippen LogP contribution in [0.4, 0.5) is 0 Å². The van der Waals surface area contributed by atoms with Crippen molar-refractivity contribution in [2.75, 3.05) is 13.1 Å². The number of nitrogens with two attached hydrogens (primary N) is 1. The fraction of sp³-hybridized carbons (Fsp3) is 0.850. The molecule has 2 fully saturated rings. The molecule has 1 saturated carbocycles. The maximum atomic E-state index is 13.1. The first kappa shape index (κ1) is 21.7. The normalized spacial score (nSPS) is 23.1. The number of likely N-dealkylation sites (tertiary alicyclic amines) is 1. The summed E-state index contributed by atoms with van der Waals surface area (Å²) in [7, 11) is 0. The molecule has 0 spiro atoms. The molecule has 3 atom stereocenters. The van der Waals surface area contributed by atoms with E-state index in [9.17, 15) is 14.4 Å². The van der Waals surface area contributed by atoms with Gasteiger partial charge in [0.2, 0.25) is 17.7 Å². The van der Waals surface area contributed by atoms with Gasteiger partial charge in [0.05, 0.1) is 6.04 Å². The van der Waals surface area contributed by atoms with Crippen LogP contribution in [0.2, 0.25) is 0 Å². The van der Waals surface area contributed by atoms with E-state index >= 15 is 0 Å². The summed E-state index contributed by atoms with van der Waals surface area (Å²) in [5.41, 5.74) is 5.62. The van der Waals surface area contributed by atoms with Crippen molar-refractivity contribution < 1.29 is 14.4 Å². The molecule has 7 nitrogen and oxygen atoms in total. The van der Waals surface area contributed by atoms with Crippen LogP contribution in [0.15, 0.2) is 0 Å². The fourth-order valence-corrected chi connectivity index (χ4v) is 4.03. The Morgan fingerprint density at radius 1 is 1.04 bits per heavy atom. The van der Waals surface area contributed by atoms with E-state index < -0.39 is 18.1 Å². The number of amides is 3. The number of rotatable bonds is 7. The Kier molecular flexibility index (Phi) is 8.07. The second-order valence-corrected chi connectivity index (χ2v) is 8.46. The zero-order valence-corrected chi connectivity index (χ0v) is 17.0. The Bertz CT molecular complexity index is 529. The predicted octanol–water partition coefficient (Wildman–Crippen LogP) is 1.16. The van der Waals surface area contributed by atoms with E-state index in [2.05, 4.69) is 10.6 Å². The maximum absolute atomic E-state index is 13.1. The van der Waals surface area contributed by atoms with Gasteiger partial charge in [0.15, 0.2) is 0 Å². The summed E-state index contributed by atoms with van der Waals surface area (Å²) >= 11 is 0. The third-order valence-electron chi connectivity index (χ3n) is 5.77. The van der Waals surface area contributed by atoms with Crippen LogP contribution < -0.4 is 16.4 Å². The van der Waals surface area contributed by atoms with E-state index in [1.807, 2.05) is 13.8 Å². The second-order valence-electron chi connectivity index (χ2n) is 8.46. The van der Waals surface area contributed by atoms with E-state index in [0.29, 0.717) is 25.4 Å². The average molecular weight is 381 g/mol. The van der Waals surface area contributed by atoms with Crippen LogP contribution in [0.25, 0.3) is 0 Å². The molecule has 1 aliphatic heterocycles. The first-order valence-corrected chi connectivity index (χ1v) is 10.5. The minimum absolute atomic E-state index is 0.0625. The number of carbonyl (C=O) groups is 3. The lowest BCUT2D eigenvalue weighted by Gasteiger charge is -2.31. The summed E-state index contributed by atoms with van der Waals surface area (Å²) in [6.07, 6.45) is 7.60. The summed E-state index contributed by atoms with van der Waals surface area (Å²) in [5.74, 6) is -0.116. The van der Waals surface area contributed by atoms with Crippen molar-refractivity contribution in [1.82, 2.24) is 15.5 Å². The number of hydrogen-bond donors (Lipinski definition) is 3. The average Bonchev–Trinajstić information content (AvgIpc) is 3.13. The first-order chi connectivity index (χ1) is 12.8. The Morgan fingerprint density at radius 2 is 1.70 bits per heavy atom. The summed E-state index contributed by atoms with van der Waals surface area (Å²) in [6.45, 7) is 6.62. The van der Waals surface area contributed by atoms with Crippen LogP contribution in [0.1, 0.15) is 65.7 Å². The lowest BCUT2D eigenvalue weighted by molar-refractivity contribution is -0.142. The molecule has 1 heterocycles. The summed E-state index contributed by atoms with van der Waals surface area (Å²) in [4.78, 5) is 39.4. The van der Waals surface area contributed by atoms with Crippen molar-refractivity contribution in [1.29, 1.82) is 0 Å².